The fraction of sp³-hybridized carbons (Fsp3) is 0.714. The second-order valence-electron chi connectivity index (χ2n) is 5.76. The minimum Gasteiger partial charge on any atom is -0.466 e. The van der Waals surface area contributed by atoms with Crippen LogP contribution in [0.3, 0.4) is 0 Å². The van der Waals surface area contributed by atoms with Crippen LogP contribution in [0, 0.1) is 19.8 Å². The van der Waals surface area contributed by atoms with Gasteiger partial charge in [0.1, 0.15) is 11.5 Å². The van der Waals surface area contributed by atoms with Gasteiger partial charge in [0.25, 0.3) is 10.2 Å². The number of nitrogens with one attached hydrogen (secondary N) is 1. The lowest BCUT2D eigenvalue weighted by Gasteiger charge is -2.31. The Labute approximate surface area is 126 Å². The minimum absolute atomic E-state index is 0.0294. The number of rotatable bonds is 5. The zero-order chi connectivity index (χ0) is 15.6. The van der Waals surface area contributed by atoms with Gasteiger partial charge in [-0.3, -0.25) is 0 Å². The predicted molar refractivity (Wildman–Crippen MR) is 80.0 cm³/mol. The van der Waals surface area contributed by atoms with E-state index in [-0.39, 0.29) is 18.6 Å². The molecule has 1 saturated heterocycles. The topological polar surface area (TPSA) is 82.8 Å². The lowest BCUT2D eigenvalue weighted by atomic mass is 10.0. The Morgan fingerprint density at radius 2 is 2.24 bits per heavy atom. The van der Waals surface area contributed by atoms with Crippen molar-refractivity contribution in [3.05, 3.63) is 23.2 Å². The van der Waals surface area contributed by atoms with Crippen molar-refractivity contribution in [2.24, 2.45) is 5.92 Å². The summed E-state index contributed by atoms with van der Waals surface area (Å²) < 4.78 is 34.5. The largest absolute Gasteiger partial charge is 0.466 e. The quantitative estimate of drug-likeness (QED) is 0.862. The average molecular weight is 316 g/mol. The fourth-order valence-corrected chi connectivity index (χ4v) is 4.34. The molecule has 0 saturated carbocycles. The Hall–Kier alpha value is -0.890. The molecule has 120 valence electrons. The first kappa shape index (κ1) is 16.5. The molecule has 2 rings (SSSR count). The molecule has 0 aliphatic carbocycles. The van der Waals surface area contributed by atoms with E-state index in [4.69, 9.17) is 4.42 Å². The van der Waals surface area contributed by atoms with Gasteiger partial charge in [0, 0.05) is 31.3 Å². The number of hydrogen-bond acceptors (Lipinski definition) is 4. The van der Waals surface area contributed by atoms with Crippen molar-refractivity contribution in [1.82, 2.24) is 9.03 Å². The van der Waals surface area contributed by atoms with Crippen LogP contribution in [0.2, 0.25) is 0 Å². The molecule has 1 fully saturated rings. The summed E-state index contributed by atoms with van der Waals surface area (Å²) in [5.41, 5.74) is 0.854. The molecule has 0 radical (unpaired) electrons. The first-order valence-corrected chi connectivity index (χ1v) is 8.72. The maximum absolute atomic E-state index is 12.5. The monoisotopic (exact) mass is 316 g/mol. The summed E-state index contributed by atoms with van der Waals surface area (Å²) in [6.07, 6.45) is 1.66. The molecule has 1 aliphatic heterocycles. The van der Waals surface area contributed by atoms with Crippen molar-refractivity contribution in [2.45, 2.75) is 39.7 Å². The van der Waals surface area contributed by atoms with Crippen LogP contribution in [0.4, 0.5) is 0 Å². The van der Waals surface area contributed by atoms with Crippen LogP contribution in [0.5, 0.6) is 0 Å². The first-order chi connectivity index (χ1) is 9.83. The fourth-order valence-electron chi connectivity index (χ4n) is 2.84. The zero-order valence-corrected chi connectivity index (χ0v) is 13.6. The number of aliphatic hydroxyl groups is 1. The Bertz CT molecular complexity index is 582. The van der Waals surface area contributed by atoms with E-state index in [1.807, 2.05) is 26.8 Å². The third kappa shape index (κ3) is 3.85. The van der Waals surface area contributed by atoms with E-state index in [1.54, 1.807) is 0 Å². The molecule has 6 nitrogen and oxygen atoms in total. The number of nitrogens with zero attached hydrogens (tertiary/aromatic N) is 1. The third-order valence-electron chi connectivity index (χ3n) is 3.95. The number of aliphatic hydroxyl groups excluding tert-OH is 1. The van der Waals surface area contributed by atoms with Crippen LogP contribution in [-0.2, 0) is 10.2 Å². The Balaban J connectivity index is 2.08. The summed E-state index contributed by atoms with van der Waals surface area (Å²) in [7, 11) is -3.55. The average Bonchev–Trinajstić information content (AvgIpc) is 2.77. The number of piperidine rings is 1. The first-order valence-electron chi connectivity index (χ1n) is 7.28. The van der Waals surface area contributed by atoms with Crippen molar-refractivity contribution < 1.29 is 17.9 Å². The number of furan rings is 1. The van der Waals surface area contributed by atoms with E-state index in [1.165, 1.54) is 4.31 Å². The van der Waals surface area contributed by atoms with Crippen LogP contribution in [0.15, 0.2) is 10.5 Å². The maximum Gasteiger partial charge on any atom is 0.280 e. The molecule has 0 amide bonds. The molecule has 7 heteroatoms. The molecule has 2 heterocycles. The number of hydrogen-bond donors (Lipinski definition) is 2. The maximum atomic E-state index is 12.5. The normalized spacial score (nSPS) is 22.4. The predicted octanol–water partition coefficient (Wildman–Crippen LogP) is 1.50. The van der Waals surface area contributed by atoms with Crippen molar-refractivity contribution >= 4 is 10.2 Å². The molecule has 0 aromatic carbocycles. The van der Waals surface area contributed by atoms with Crippen molar-refractivity contribution in [3.8, 4) is 0 Å². The summed E-state index contributed by atoms with van der Waals surface area (Å²) in [5, 5.41) is 9.22. The van der Waals surface area contributed by atoms with Crippen molar-refractivity contribution in [1.29, 1.82) is 0 Å². The summed E-state index contributed by atoms with van der Waals surface area (Å²) in [4.78, 5) is 0. The second kappa shape index (κ2) is 6.48. The van der Waals surface area contributed by atoms with Gasteiger partial charge in [-0.05, 0) is 45.6 Å². The van der Waals surface area contributed by atoms with Gasteiger partial charge >= 0.3 is 0 Å². The lowest BCUT2D eigenvalue weighted by Crippen LogP contribution is -2.47. The zero-order valence-electron chi connectivity index (χ0n) is 12.8. The molecule has 2 unspecified atom stereocenters. The Morgan fingerprint density at radius 1 is 1.52 bits per heavy atom. The second-order valence-corrected chi connectivity index (χ2v) is 7.46. The van der Waals surface area contributed by atoms with E-state index in [0.29, 0.717) is 13.1 Å². The summed E-state index contributed by atoms with van der Waals surface area (Å²) in [5.74, 6) is 1.53. The van der Waals surface area contributed by atoms with Gasteiger partial charge in [-0.25, -0.2) is 0 Å². The van der Waals surface area contributed by atoms with Gasteiger partial charge in [-0.2, -0.15) is 17.4 Å². The lowest BCUT2D eigenvalue weighted by molar-refractivity contribution is 0.164. The highest BCUT2D eigenvalue weighted by Gasteiger charge is 2.30. The van der Waals surface area contributed by atoms with E-state index >= 15 is 0 Å². The minimum atomic E-state index is -3.55. The van der Waals surface area contributed by atoms with Crippen LogP contribution in [-0.4, -0.2) is 37.5 Å². The van der Waals surface area contributed by atoms with Crippen LogP contribution >= 0.6 is 0 Å². The van der Waals surface area contributed by atoms with Gasteiger partial charge in [-0.1, -0.05) is 0 Å². The summed E-state index contributed by atoms with van der Waals surface area (Å²) >= 11 is 0. The van der Waals surface area contributed by atoms with Gasteiger partial charge in [-0.15, -0.1) is 0 Å². The standard InChI is InChI=1S/C14H24N2O4S/c1-10-7-14(12(3)20-10)11(2)15-21(18,19)16-6-4-5-13(8-16)9-17/h7,11,13,15,17H,4-6,8-9H2,1-3H3. The SMILES string of the molecule is Cc1cc(C(C)NS(=O)(=O)N2CCCC(CO)C2)c(C)o1. The molecule has 0 spiro atoms. The molecule has 1 aliphatic rings. The molecule has 2 atom stereocenters. The van der Waals surface area contributed by atoms with Gasteiger partial charge in [0.2, 0.25) is 0 Å². The van der Waals surface area contributed by atoms with Gasteiger partial charge < -0.3 is 9.52 Å². The summed E-state index contributed by atoms with van der Waals surface area (Å²) in [6.45, 7) is 6.39. The van der Waals surface area contributed by atoms with Gasteiger partial charge in [0.15, 0.2) is 0 Å². The molecule has 0 bridgehead atoms. The van der Waals surface area contributed by atoms with E-state index in [9.17, 15) is 13.5 Å². The smallest absolute Gasteiger partial charge is 0.280 e. The molecule has 2 N–H and O–H groups in total. The third-order valence-corrected chi connectivity index (χ3v) is 5.61. The highest BCUT2D eigenvalue weighted by molar-refractivity contribution is 7.87. The highest BCUT2D eigenvalue weighted by Crippen LogP contribution is 2.24. The molecular weight excluding hydrogens is 292 g/mol. The van der Waals surface area contributed by atoms with Crippen LogP contribution in [0.1, 0.15) is 42.9 Å². The van der Waals surface area contributed by atoms with Crippen LogP contribution < -0.4 is 4.72 Å². The highest BCUT2D eigenvalue weighted by atomic mass is 32.2. The molecule has 1 aromatic rings. The van der Waals surface area contributed by atoms with E-state index < -0.39 is 10.2 Å². The molecule has 21 heavy (non-hydrogen) atoms. The summed E-state index contributed by atoms with van der Waals surface area (Å²) in [6, 6.07) is 1.51. The van der Waals surface area contributed by atoms with Crippen molar-refractivity contribution in [2.75, 3.05) is 19.7 Å². The van der Waals surface area contributed by atoms with Crippen molar-refractivity contribution in [3.63, 3.8) is 0 Å². The van der Waals surface area contributed by atoms with E-state index in [2.05, 4.69) is 4.72 Å². The van der Waals surface area contributed by atoms with Crippen LogP contribution in [0.25, 0.3) is 0 Å². The van der Waals surface area contributed by atoms with Gasteiger partial charge in [0.05, 0.1) is 0 Å². The Morgan fingerprint density at radius 3 is 2.81 bits per heavy atom. The molecule has 1 aromatic heterocycles. The Kier molecular flexibility index (Phi) is 5.08. The number of aryl methyl sites for hydroxylation is 2. The van der Waals surface area contributed by atoms with E-state index in [0.717, 1.165) is 29.9 Å². The molecular formula is C14H24N2O4S.